The van der Waals surface area contributed by atoms with Gasteiger partial charge >= 0.3 is 0 Å². The molecule has 1 fully saturated rings. The maximum absolute atomic E-state index is 4.29. The zero-order valence-electron chi connectivity index (χ0n) is 8.64. The van der Waals surface area contributed by atoms with Crippen molar-refractivity contribution in [3.8, 4) is 0 Å². The van der Waals surface area contributed by atoms with Crippen LogP contribution in [0.1, 0.15) is 18.7 Å². The fourth-order valence-electron chi connectivity index (χ4n) is 1.63. The highest BCUT2D eigenvalue weighted by atomic mass is 15.3. The molecular formula is C10H13N5. The number of aromatic nitrogens is 4. The van der Waals surface area contributed by atoms with Crippen molar-refractivity contribution in [2.24, 2.45) is 5.92 Å². The molecule has 0 aromatic carbocycles. The Morgan fingerprint density at radius 2 is 2.33 bits per heavy atom. The van der Waals surface area contributed by atoms with Crippen LogP contribution in [0.15, 0.2) is 12.4 Å². The Bertz CT molecular complexity index is 486. The van der Waals surface area contributed by atoms with Gasteiger partial charge in [0.05, 0.1) is 0 Å². The van der Waals surface area contributed by atoms with Crippen molar-refractivity contribution >= 4 is 11.5 Å². The van der Waals surface area contributed by atoms with Crippen molar-refractivity contribution in [1.82, 2.24) is 19.6 Å². The average molecular weight is 203 g/mol. The van der Waals surface area contributed by atoms with Gasteiger partial charge in [0.15, 0.2) is 5.82 Å². The molecule has 0 atom stereocenters. The third-order valence-electron chi connectivity index (χ3n) is 2.75. The fourth-order valence-corrected chi connectivity index (χ4v) is 1.63. The van der Waals surface area contributed by atoms with Gasteiger partial charge in [-0.3, -0.25) is 4.40 Å². The normalized spacial score (nSPS) is 15.8. The molecule has 1 aliphatic rings. The van der Waals surface area contributed by atoms with Crippen molar-refractivity contribution in [2.75, 3.05) is 11.9 Å². The summed E-state index contributed by atoms with van der Waals surface area (Å²) in [6, 6.07) is 0. The topological polar surface area (TPSA) is 55.1 Å². The molecule has 0 amide bonds. The summed E-state index contributed by atoms with van der Waals surface area (Å²) in [7, 11) is 0. The highest BCUT2D eigenvalue weighted by Crippen LogP contribution is 2.29. The van der Waals surface area contributed by atoms with E-state index in [1.807, 2.05) is 17.5 Å². The van der Waals surface area contributed by atoms with Crippen molar-refractivity contribution in [1.29, 1.82) is 0 Å². The molecule has 5 nitrogen and oxygen atoms in total. The summed E-state index contributed by atoms with van der Waals surface area (Å²) in [6.45, 7) is 2.93. The number of aryl methyl sites for hydroxylation is 1. The molecule has 0 unspecified atom stereocenters. The molecular weight excluding hydrogens is 190 g/mol. The molecule has 1 saturated carbocycles. The summed E-state index contributed by atoms with van der Waals surface area (Å²) in [5.74, 6) is 2.56. The zero-order chi connectivity index (χ0) is 10.3. The van der Waals surface area contributed by atoms with E-state index < -0.39 is 0 Å². The molecule has 3 rings (SSSR count). The minimum Gasteiger partial charge on any atom is -0.367 e. The van der Waals surface area contributed by atoms with Gasteiger partial charge in [0.25, 0.3) is 0 Å². The third-order valence-corrected chi connectivity index (χ3v) is 2.75. The second-order valence-corrected chi connectivity index (χ2v) is 4.04. The van der Waals surface area contributed by atoms with Crippen LogP contribution in [0.4, 0.5) is 5.82 Å². The fraction of sp³-hybridized carbons (Fsp3) is 0.500. The van der Waals surface area contributed by atoms with E-state index >= 15 is 0 Å². The zero-order valence-corrected chi connectivity index (χ0v) is 8.64. The van der Waals surface area contributed by atoms with Crippen LogP contribution < -0.4 is 5.32 Å². The number of hydrogen-bond donors (Lipinski definition) is 1. The number of fused-ring (bicyclic) bond motifs is 1. The van der Waals surface area contributed by atoms with E-state index in [0.717, 1.165) is 29.8 Å². The lowest BCUT2D eigenvalue weighted by molar-refractivity contribution is 0.881. The van der Waals surface area contributed by atoms with Crippen LogP contribution >= 0.6 is 0 Å². The monoisotopic (exact) mass is 203 g/mol. The van der Waals surface area contributed by atoms with Crippen LogP contribution in [0.2, 0.25) is 0 Å². The van der Waals surface area contributed by atoms with E-state index in [-0.39, 0.29) is 0 Å². The van der Waals surface area contributed by atoms with Crippen LogP contribution in [0, 0.1) is 12.8 Å². The lowest BCUT2D eigenvalue weighted by Gasteiger charge is -2.04. The molecule has 0 bridgehead atoms. The first kappa shape index (κ1) is 8.64. The molecule has 1 N–H and O–H groups in total. The van der Waals surface area contributed by atoms with Crippen LogP contribution in [0.5, 0.6) is 0 Å². The summed E-state index contributed by atoms with van der Waals surface area (Å²) in [6.07, 6.45) is 6.33. The Balaban J connectivity index is 1.94. The predicted molar refractivity (Wildman–Crippen MR) is 56.7 cm³/mol. The second-order valence-electron chi connectivity index (χ2n) is 4.04. The van der Waals surface area contributed by atoms with E-state index in [1.165, 1.54) is 12.8 Å². The molecule has 78 valence electrons. The van der Waals surface area contributed by atoms with Gasteiger partial charge in [-0.05, 0) is 25.7 Å². The first-order valence-corrected chi connectivity index (χ1v) is 5.25. The number of rotatable bonds is 3. The quantitative estimate of drug-likeness (QED) is 0.815. The Kier molecular flexibility index (Phi) is 1.83. The minimum absolute atomic E-state index is 0.815. The van der Waals surface area contributed by atoms with Crippen LogP contribution in [-0.4, -0.2) is 26.1 Å². The lowest BCUT2D eigenvalue weighted by atomic mass is 10.4. The second kappa shape index (κ2) is 3.18. The summed E-state index contributed by atoms with van der Waals surface area (Å²) in [5, 5.41) is 11.5. The highest BCUT2D eigenvalue weighted by molar-refractivity contribution is 5.61. The van der Waals surface area contributed by atoms with Gasteiger partial charge in [-0.2, -0.15) is 0 Å². The Labute approximate surface area is 87.5 Å². The van der Waals surface area contributed by atoms with Gasteiger partial charge in [-0.15, -0.1) is 10.2 Å². The molecule has 0 saturated heterocycles. The molecule has 15 heavy (non-hydrogen) atoms. The molecule has 1 aliphatic carbocycles. The van der Waals surface area contributed by atoms with Crippen molar-refractivity contribution in [2.45, 2.75) is 19.8 Å². The highest BCUT2D eigenvalue weighted by Gasteiger charge is 2.21. The molecule has 2 aromatic rings. The maximum Gasteiger partial charge on any atom is 0.203 e. The number of hydrogen-bond acceptors (Lipinski definition) is 4. The molecule has 0 aliphatic heterocycles. The van der Waals surface area contributed by atoms with Gasteiger partial charge < -0.3 is 5.32 Å². The van der Waals surface area contributed by atoms with E-state index in [2.05, 4.69) is 20.5 Å². The number of anilines is 1. The van der Waals surface area contributed by atoms with E-state index in [1.54, 1.807) is 6.20 Å². The number of nitrogens with zero attached hydrogens (tertiary/aromatic N) is 4. The van der Waals surface area contributed by atoms with E-state index in [4.69, 9.17) is 0 Å². The number of nitrogens with one attached hydrogen (secondary N) is 1. The van der Waals surface area contributed by atoms with Gasteiger partial charge in [0.2, 0.25) is 5.65 Å². The SMILES string of the molecule is Cc1nnc2c(NCC3CC3)nccn12. The Morgan fingerprint density at radius 3 is 3.13 bits per heavy atom. The minimum atomic E-state index is 0.815. The summed E-state index contributed by atoms with van der Waals surface area (Å²) >= 11 is 0. The van der Waals surface area contributed by atoms with Crippen LogP contribution in [0.25, 0.3) is 5.65 Å². The van der Waals surface area contributed by atoms with Gasteiger partial charge in [0.1, 0.15) is 5.82 Å². The standard InChI is InChI=1S/C10H13N5/c1-7-13-14-10-9(11-4-5-15(7)10)12-6-8-2-3-8/h4-5,8H,2-3,6H2,1H3,(H,11,12). The summed E-state index contributed by atoms with van der Waals surface area (Å²) < 4.78 is 1.95. The largest absolute Gasteiger partial charge is 0.367 e. The van der Waals surface area contributed by atoms with Crippen molar-refractivity contribution in [3.05, 3.63) is 18.2 Å². The van der Waals surface area contributed by atoms with Crippen molar-refractivity contribution < 1.29 is 0 Å². The van der Waals surface area contributed by atoms with Gasteiger partial charge in [-0.1, -0.05) is 0 Å². The van der Waals surface area contributed by atoms with Gasteiger partial charge in [0, 0.05) is 18.9 Å². The van der Waals surface area contributed by atoms with Crippen LogP contribution in [0.3, 0.4) is 0 Å². The first-order valence-electron chi connectivity index (χ1n) is 5.25. The average Bonchev–Trinajstić information content (AvgIpc) is 3.01. The first-order chi connectivity index (χ1) is 7.34. The maximum atomic E-state index is 4.29. The predicted octanol–water partition coefficient (Wildman–Crippen LogP) is 1.25. The Morgan fingerprint density at radius 1 is 1.47 bits per heavy atom. The van der Waals surface area contributed by atoms with Gasteiger partial charge in [-0.25, -0.2) is 4.98 Å². The molecule has 0 radical (unpaired) electrons. The van der Waals surface area contributed by atoms with E-state index in [0.29, 0.717) is 0 Å². The Hall–Kier alpha value is -1.65. The lowest BCUT2D eigenvalue weighted by Crippen LogP contribution is -2.06. The molecule has 0 spiro atoms. The molecule has 2 aromatic heterocycles. The van der Waals surface area contributed by atoms with Crippen molar-refractivity contribution in [3.63, 3.8) is 0 Å². The summed E-state index contributed by atoms with van der Waals surface area (Å²) in [5.41, 5.74) is 0.815. The molecule has 2 heterocycles. The smallest absolute Gasteiger partial charge is 0.203 e. The third kappa shape index (κ3) is 1.54. The molecule has 5 heteroatoms. The van der Waals surface area contributed by atoms with E-state index in [9.17, 15) is 0 Å². The summed E-state index contributed by atoms with van der Waals surface area (Å²) in [4.78, 5) is 4.29. The van der Waals surface area contributed by atoms with Crippen LogP contribution in [-0.2, 0) is 0 Å².